The molecule has 0 spiro atoms. The molecule has 4 aliphatic carbocycles. The van der Waals surface area contributed by atoms with Crippen LogP contribution in [-0.2, 0) is 17.8 Å². The van der Waals surface area contributed by atoms with Crippen molar-refractivity contribution in [1.82, 2.24) is 29.6 Å². The molecule has 7 aliphatic rings. The summed E-state index contributed by atoms with van der Waals surface area (Å²) in [4.78, 5) is 32.0. The molecule has 8 heteroatoms. The summed E-state index contributed by atoms with van der Waals surface area (Å²) in [5, 5.41) is 3.77. The standard InChI is InChI=1S/C30H47N7O/c38-29(20-36-11-9-35(10-12-36)8-7-34-4-1-2-5-34)37-6-3-26-28(19-37)32-21-33-30(26)31-18-27-24-14-22-13-23(16-24)17-25(27)15-22/h21-25,27H,1-20H2,(H,31,32,33). The summed E-state index contributed by atoms with van der Waals surface area (Å²) in [6.45, 7) is 12.1. The number of anilines is 1. The van der Waals surface area contributed by atoms with Gasteiger partial charge in [-0.15, -0.1) is 0 Å². The van der Waals surface area contributed by atoms with Crippen LogP contribution in [0.1, 0.15) is 56.2 Å². The van der Waals surface area contributed by atoms with Crippen LogP contribution in [0.4, 0.5) is 5.82 Å². The minimum Gasteiger partial charge on any atom is -0.369 e. The van der Waals surface area contributed by atoms with Gasteiger partial charge in [-0.2, -0.15) is 0 Å². The monoisotopic (exact) mass is 521 g/mol. The van der Waals surface area contributed by atoms with E-state index in [1.807, 2.05) is 4.90 Å². The Balaban J connectivity index is 0.886. The maximum Gasteiger partial charge on any atom is 0.237 e. The first-order valence-electron chi connectivity index (χ1n) is 15.7. The number of likely N-dealkylation sites (tertiary alicyclic amines) is 1. The van der Waals surface area contributed by atoms with Gasteiger partial charge >= 0.3 is 0 Å². The quantitative estimate of drug-likeness (QED) is 0.564. The molecule has 0 unspecified atom stereocenters. The van der Waals surface area contributed by atoms with Crippen LogP contribution in [0.5, 0.6) is 0 Å². The van der Waals surface area contributed by atoms with Gasteiger partial charge in [-0.25, -0.2) is 9.97 Å². The van der Waals surface area contributed by atoms with Gasteiger partial charge in [-0.05, 0) is 94.0 Å². The molecular weight excluding hydrogens is 474 g/mol. The summed E-state index contributed by atoms with van der Waals surface area (Å²) in [6, 6.07) is 0. The van der Waals surface area contributed by atoms with Crippen molar-refractivity contribution >= 4 is 11.7 Å². The lowest BCUT2D eigenvalue weighted by atomic mass is 9.52. The molecule has 1 N–H and O–H groups in total. The zero-order valence-electron chi connectivity index (χ0n) is 23.2. The smallest absolute Gasteiger partial charge is 0.237 e. The predicted octanol–water partition coefficient (Wildman–Crippen LogP) is 2.56. The topological polar surface area (TPSA) is 67.8 Å². The van der Waals surface area contributed by atoms with Crippen LogP contribution in [-0.4, -0.2) is 107 Å². The largest absolute Gasteiger partial charge is 0.369 e. The van der Waals surface area contributed by atoms with Crippen molar-refractivity contribution in [2.45, 2.75) is 57.9 Å². The highest BCUT2D eigenvalue weighted by atomic mass is 16.2. The summed E-state index contributed by atoms with van der Waals surface area (Å²) < 4.78 is 0. The number of nitrogens with zero attached hydrogens (tertiary/aromatic N) is 6. The summed E-state index contributed by atoms with van der Waals surface area (Å²) in [5.74, 6) is 5.99. The Hall–Kier alpha value is -1.77. The molecule has 1 aromatic rings. The van der Waals surface area contributed by atoms with E-state index >= 15 is 0 Å². The van der Waals surface area contributed by atoms with E-state index in [-0.39, 0.29) is 5.91 Å². The van der Waals surface area contributed by atoms with E-state index in [0.29, 0.717) is 13.1 Å². The summed E-state index contributed by atoms with van der Waals surface area (Å²) in [7, 11) is 0. The Morgan fingerprint density at radius 3 is 2.18 bits per heavy atom. The number of carbonyl (C=O) groups is 1. The fourth-order valence-electron chi connectivity index (χ4n) is 9.06. The summed E-state index contributed by atoms with van der Waals surface area (Å²) in [6.07, 6.45) is 12.7. The van der Waals surface area contributed by atoms with Gasteiger partial charge in [0.05, 0.1) is 18.8 Å². The molecule has 1 amide bonds. The van der Waals surface area contributed by atoms with Crippen LogP contribution in [0.15, 0.2) is 6.33 Å². The Bertz CT molecular complexity index is 959. The Morgan fingerprint density at radius 1 is 0.816 bits per heavy atom. The fraction of sp³-hybridized carbons (Fsp3) is 0.833. The van der Waals surface area contributed by atoms with Crippen LogP contribution in [0.2, 0.25) is 0 Å². The number of amides is 1. The number of aromatic nitrogens is 2. The van der Waals surface area contributed by atoms with Crippen molar-refractivity contribution in [3.63, 3.8) is 0 Å². The first-order valence-corrected chi connectivity index (χ1v) is 15.7. The SMILES string of the molecule is O=C(CN1CCN(CCN2CCCC2)CC1)N1CCc2c(ncnc2NCC2C3CC4CC(C3)CC2C4)C1. The first-order chi connectivity index (χ1) is 18.7. The third-order valence-corrected chi connectivity index (χ3v) is 11.0. The molecule has 2 saturated heterocycles. The lowest BCUT2D eigenvalue weighted by Crippen LogP contribution is -2.51. The molecule has 8 rings (SSSR count). The lowest BCUT2D eigenvalue weighted by molar-refractivity contribution is -0.133. The second kappa shape index (κ2) is 11.0. The molecule has 8 nitrogen and oxygen atoms in total. The van der Waals surface area contributed by atoms with Gasteiger partial charge < -0.3 is 15.1 Å². The number of fused-ring (bicyclic) bond motifs is 1. The second-order valence-electron chi connectivity index (χ2n) is 13.4. The number of piperazine rings is 1. The van der Waals surface area contributed by atoms with Crippen molar-refractivity contribution in [2.75, 3.05) is 77.3 Å². The van der Waals surface area contributed by atoms with Gasteiger partial charge in [0.1, 0.15) is 12.1 Å². The van der Waals surface area contributed by atoms with E-state index in [0.717, 1.165) is 86.8 Å². The minimum atomic E-state index is 0.253. The van der Waals surface area contributed by atoms with Crippen molar-refractivity contribution in [3.8, 4) is 0 Å². The molecule has 3 aliphatic heterocycles. The van der Waals surface area contributed by atoms with Crippen LogP contribution in [0.3, 0.4) is 0 Å². The molecule has 4 bridgehead atoms. The van der Waals surface area contributed by atoms with Gasteiger partial charge in [-0.1, -0.05) is 0 Å². The van der Waals surface area contributed by atoms with Gasteiger partial charge in [-0.3, -0.25) is 14.6 Å². The van der Waals surface area contributed by atoms with Crippen LogP contribution >= 0.6 is 0 Å². The second-order valence-corrected chi connectivity index (χ2v) is 13.4. The molecule has 0 aromatic carbocycles. The number of hydrogen-bond acceptors (Lipinski definition) is 7. The highest BCUT2D eigenvalue weighted by Gasteiger charge is 2.47. The highest BCUT2D eigenvalue weighted by Crippen LogP contribution is 2.56. The van der Waals surface area contributed by atoms with Crippen LogP contribution in [0, 0.1) is 29.6 Å². The van der Waals surface area contributed by atoms with Crippen LogP contribution < -0.4 is 5.32 Å². The van der Waals surface area contributed by atoms with E-state index < -0.39 is 0 Å². The molecule has 0 radical (unpaired) electrons. The zero-order valence-corrected chi connectivity index (χ0v) is 23.2. The van der Waals surface area contributed by atoms with Crippen LogP contribution in [0.25, 0.3) is 0 Å². The molecule has 4 saturated carbocycles. The van der Waals surface area contributed by atoms with Gasteiger partial charge in [0.2, 0.25) is 5.91 Å². The normalized spacial score (nSPS) is 33.6. The van der Waals surface area contributed by atoms with E-state index in [1.54, 1.807) is 6.33 Å². The lowest BCUT2D eigenvalue weighted by Gasteiger charge is -2.54. The molecule has 0 atom stereocenters. The third-order valence-electron chi connectivity index (χ3n) is 11.0. The Labute approximate surface area is 228 Å². The van der Waals surface area contributed by atoms with Gasteiger partial charge in [0.25, 0.3) is 0 Å². The number of rotatable bonds is 8. The molecule has 1 aromatic heterocycles. The van der Waals surface area contributed by atoms with Crippen molar-refractivity contribution in [1.29, 1.82) is 0 Å². The van der Waals surface area contributed by atoms with E-state index in [9.17, 15) is 4.79 Å². The third kappa shape index (κ3) is 5.33. The van der Waals surface area contributed by atoms with E-state index in [4.69, 9.17) is 0 Å². The average Bonchev–Trinajstić information content (AvgIpc) is 3.45. The zero-order chi connectivity index (χ0) is 25.5. The maximum atomic E-state index is 13.2. The minimum absolute atomic E-state index is 0.253. The van der Waals surface area contributed by atoms with Crippen molar-refractivity contribution < 1.29 is 4.79 Å². The summed E-state index contributed by atoms with van der Waals surface area (Å²) >= 11 is 0. The predicted molar refractivity (Wildman–Crippen MR) is 149 cm³/mol. The fourth-order valence-corrected chi connectivity index (χ4v) is 9.06. The van der Waals surface area contributed by atoms with Gasteiger partial charge in [0.15, 0.2) is 0 Å². The Morgan fingerprint density at radius 2 is 1.47 bits per heavy atom. The first kappa shape index (κ1) is 25.2. The maximum absolute atomic E-state index is 13.2. The highest BCUT2D eigenvalue weighted by molar-refractivity contribution is 5.78. The van der Waals surface area contributed by atoms with Gasteiger partial charge in [0, 0.05) is 57.9 Å². The molecular formula is C30H47N7O. The summed E-state index contributed by atoms with van der Waals surface area (Å²) in [5.41, 5.74) is 2.28. The van der Waals surface area contributed by atoms with Crippen molar-refractivity contribution in [2.24, 2.45) is 29.6 Å². The molecule has 4 heterocycles. The number of carbonyl (C=O) groups excluding carboxylic acids is 1. The number of hydrogen-bond donors (Lipinski definition) is 1. The Kier molecular flexibility index (Phi) is 7.31. The molecule has 208 valence electrons. The van der Waals surface area contributed by atoms with E-state index in [1.165, 1.54) is 76.7 Å². The molecule has 6 fully saturated rings. The number of nitrogens with one attached hydrogen (secondary N) is 1. The van der Waals surface area contributed by atoms with Crippen molar-refractivity contribution in [3.05, 3.63) is 17.6 Å². The van der Waals surface area contributed by atoms with E-state index in [2.05, 4.69) is 30.0 Å². The molecule has 38 heavy (non-hydrogen) atoms. The average molecular weight is 522 g/mol.